The largest absolute Gasteiger partial charge is 0.480 e. The Labute approximate surface area is 220 Å². The molecule has 11 heteroatoms. The lowest BCUT2D eigenvalue weighted by atomic mass is 9.91. The topological polar surface area (TPSA) is 162 Å². The molecule has 0 saturated heterocycles. The van der Waals surface area contributed by atoms with Crippen LogP contribution in [0.3, 0.4) is 0 Å². The van der Waals surface area contributed by atoms with Gasteiger partial charge in [0.2, 0.25) is 11.8 Å². The van der Waals surface area contributed by atoms with Crippen LogP contribution in [0.4, 0.5) is 10.5 Å². The van der Waals surface area contributed by atoms with E-state index in [-0.39, 0.29) is 19.4 Å². The summed E-state index contributed by atoms with van der Waals surface area (Å²) in [5.41, 5.74) is 1.41. The number of benzene rings is 2. The average molecular weight is 528 g/mol. The van der Waals surface area contributed by atoms with Gasteiger partial charge in [-0.1, -0.05) is 63.2 Å². The summed E-state index contributed by atoms with van der Waals surface area (Å²) in [5.74, 6) is -3.89. The summed E-state index contributed by atoms with van der Waals surface area (Å²) in [6.07, 6.45) is -0.700. The van der Waals surface area contributed by atoms with E-state index in [2.05, 4.69) is 10.6 Å². The Morgan fingerprint density at radius 2 is 1.53 bits per heavy atom. The number of ether oxygens (including phenoxy) is 1. The molecule has 0 aromatic heterocycles. The number of carbonyl (C=O) groups is 5. The molecule has 0 unspecified atom stereocenters. The van der Waals surface area contributed by atoms with Gasteiger partial charge in [0.25, 0.3) is 0 Å². The summed E-state index contributed by atoms with van der Waals surface area (Å²) in [7, 11) is 0. The van der Waals surface area contributed by atoms with Gasteiger partial charge in [0.15, 0.2) is 0 Å². The fourth-order valence-corrected chi connectivity index (χ4v) is 3.41. The molecule has 204 valence electrons. The highest BCUT2D eigenvalue weighted by Crippen LogP contribution is 2.20. The number of hydrogen-bond donors (Lipinski definition) is 4. The molecule has 0 heterocycles. The normalized spacial score (nSPS) is 11.7. The molecule has 2 rings (SSSR count). The SMILES string of the molecule is CC(C)(C)CC(=O)N(CC(=O)O)CC(=O)N[C@H](Cc1ccc(NC(=O)OCc2ccccc2)cc1)C(=O)O. The predicted molar refractivity (Wildman–Crippen MR) is 138 cm³/mol. The Morgan fingerprint density at radius 1 is 0.895 bits per heavy atom. The molecule has 0 radical (unpaired) electrons. The Bertz CT molecular complexity index is 1130. The maximum Gasteiger partial charge on any atom is 0.411 e. The number of carbonyl (C=O) groups excluding carboxylic acids is 3. The van der Waals surface area contributed by atoms with Crippen LogP contribution in [0.1, 0.15) is 38.3 Å². The van der Waals surface area contributed by atoms with E-state index in [4.69, 9.17) is 9.84 Å². The van der Waals surface area contributed by atoms with Gasteiger partial charge >= 0.3 is 18.0 Å². The Balaban J connectivity index is 1.94. The van der Waals surface area contributed by atoms with Crippen LogP contribution in [0.2, 0.25) is 0 Å². The number of aliphatic carboxylic acids is 2. The highest BCUT2D eigenvalue weighted by molar-refractivity contribution is 5.90. The summed E-state index contributed by atoms with van der Waals surface area (Å²) in [6.45, 7) is 4.26. The second-order valence-electron chi connectivity index (χ2n) is 9.93. The summed E-state index contributed by atoms with van der Waals surface area (Å²) in [5, 5.41) is 23.6. The molecule has 0 aliphatic heterocycles. The van der Waals surface area contributed by atoms with Crippen molar-refractivity contribution in [3.05, 3.63) is 65.7 Å². The van der Waals surface area contributed by atoms with E-state index in [9.17, 15) is 29.1 Å². The van der Waals surface area contributed by atoms with Crippen molar-refractivity contribution in [2.24, 2.45) is 5.41 Å². The Kier molecular flexibility index (Phi) is 10.8. The van der Waals surface area contributed by atoms with Crippen LogP contribution in [0.25, 0.3) is 0 Å². The fourth-order valence-electron chi connectivity index (χ4n) is 3.41. The molecular weight excluding hydrogens is 494 g/mol. The lowest BCUT2D eigenvalue weighted by Gasteiger charge is -2.25. The van der Waals surface area contributed by atoms with Crippen molar-refractivity contribution in [1.82, 2.24) is 10.2 Å². The monoisotopic (exact) mass is 527 g/mol. The number of rotatable bonds is 12. The first-order valence-corrected chi connectivity index (χ1v) is 11.9. The van der Waals surface area contributed by atoms with E-state index in [1.54, 1.807) is 45.0 Å². The maximum absolute atomic E-state index is 12.5. The van der Waals surface area contributed by atoms with Gasteiger partial charge in [0, 0.05) is 18.5 Å². The van der Waals surface area contributed by atoms with E-state index in [0.717, 1.165) is 10.5 Å². The van der Waals surface area contributed by atoms with Crippen molar-refractivity contribution in [2.45, 2.75) is 46.3 Å². The van der Waals surface area contributed by atoms with Crippen LogP contribution in [-0.4, -0.2) is 64.1 Å². The minimum atomic E-state index is -1.32. The zero-order valence-corrected chi connectivity index (χ0v) is 21.6. The van der Waals surface area contributed by atoms with E-state index in [1.165, 1.54) is 0 Å². The van der Waals surface area contributed by atoms with Gasteiger partial charge in [-0.15, -0.1) is 0 Å². The van der Waals surface area contributed by atoms with Gasteiger partial charge in [0.1, 0.15) is 25.7 Å². The van der Waals surface area contributed by atoms with Crippen molar-refractivity contribution in [1.29, 1.82) is 0 Å². The molecule has 0 aliphatic rings. The van der Waals surface area contributed by atoms with Gasteiger partial charge in [-0.2, -0.15) is 0 Å². The zero-order valence-electron chi connectivity index (χ0n) is 21.6. The highest BCUT2D eigenvalue weighted by Gasteiger charge is 2.27. The molecule has 2 aromatic rings. The van der Waals surface area contributed by atoms with E-state index in [0.29, 0.717) is 11.3 Å². The van der Waals surface area contributed by atoms with Crippen LogP contribution in [-0.2, 0) is 36.9 Å². The molecule has 11 nitrogen and oxygen atoms in total. The van der Waals surface area contributed by atoms with E-state index in [1.807, 2.05) is 30.3 Å². The number of nitrogens with zero attached hydrogens (tertiary/aromatic N) is 1. The molecule has 1 atom stereocenters. The maximum atomic E-state index is 12.5. The molecule has 2 aromatic carbocycles. The van der Waals surface area contributed by atoms with Crippen molar-refractivity contribution < 1.29 is 38.9 Å². The summed E-state index contributed by atoms with van der Waals surface area (Å²) in [6, 6.07) is 14.2. The van der Waals surface area contributed by atoms with Crippen molar-refractivity contribution in [2.75, 3.05) is 18.4 Å². The number of carboxylic acids is 2. The van der Waals surface area contributed by atoms with Gasteiger partial charge in [0.05, 0.1) is 0 Å². The second-order valence-corrected chi connectivity index (χ2v) is 9.93. The predicted octanol–water partition coefficient (Wildman–Crippen LogP) is 2.90. The molecular formula is C27H33N3O8. The van der Waals surface area contributed by atoms with E-state index < -0.39 is 54.4 Å². The molecule has 0 aliphatic carbocycles. The molecule has 0 fully saturated rings. The smallest absolute Gasteiger partial charge is 0.411 e. The number of anilines is 1. The first-order chi connectivity index (χ1) is 17.8. The van der Waals surface area contributed by atoms with Crippen molar-refractivity contribution in [3.63, 3.8) is 0 Å². The third-order valence-corrected chi connectivity index (χ3v) is 5.18. The fraction of sp³-hybridized carbons (Fsp3) is 0.370. The summed E-state index contributed by atoms with van der Waals surface area (Å²) >= 11 is 0. The number of amides is 3. The molecule has 38 heavy (non-hydrogen) atoms. The third kappa shape index (κ3) is 11.1. The van der Waals surface area contributed by atoms with Gasteiger partial charge < -0.3 is 25.2 Å². The lowest BCUT2D eigenvalue weighted by molar-refractivity contribution is -0.147. The number of carboxylic acid groups (broad SMARTS) is 2. The summed E-state index contributed by atoms with van der Waals surface area (Å²) in [4.78, 5) is 60.9. The minimum absolute atomic E-state index is 0.0239. The van der Waals surface area contributed by atoms with Gasteiger partial charge in [-0.3, -0.25) is 19.7 Å². The van der Waals surface area contributed by atoms with Crippen LogP contribution in [0.5, 0.6) is 0 Å². The number of hydrogen-bond acceptors (Lipinski definition) is 6. The quantitative estimate of drug-likeness (QED) is 0.327. The Morgan fingerprint density at radius 3 is 2.08 bits per heavy atom. The first kappa shape index (κ1) is 29.8. The van der Waals surface area contributed by atoms with Crippen LogP contribution < -0.4 is 10.6 Å². The van der Waals surface area contributed by atoms with Crippen LogP contribution >= 0.6 is 0 Å². The first-order valence-electron chi connectivity index (χ1n) is 11.9. The standard InChI is InChI=1S/C27H33N3O8/c1-27(2,3)14-23(32)30(16-24(33)34)15-22(31)29-21(25(35)36)13-18-9-11-20(12-10-18)28-26(37)38-17-19-7-5-4-6-8-19/h4-12,21H,13-17H2,1-3H3,(H,28,37)(H,29,31)(H,33,34)(H,35,36)/t21-/m1/s1. The van der Waals surface area contributed by atoms with Crippen molar-refractivity contribution in [3.8, 4) is 0 Å². The van der Waals surface area contributed by atoms with Gasteiger partial charge in [-0.05, 0) is 28.7 Å². The minimum Gasteiger partial charge on any atom is -0.480 e. The summed E-state index contributed by atoms with van der Waals surface area (Å²) < 4.78 is 5.16. The zero-order chi connectivity index (χ0) is 28.3. The van der Waals surface area contributed by atoms with E-state index >= 15 is 0 Å². The Hall–Kier alpha value is -4.41. The molecule has 0 saturated carbocycles. The second kappa shape index (κ2) is 13.8. The lowest BCUT2D eigenvalue weighted by Crippen LogP contribution is -2.49. The number of nitrogens with one attached hydrogen (secondary N) is 2. The third-order valence-electron chi connectivity index (χ3n) is 5.18. The van der Waals surface area contributed by atoms with Gasteiger partial charge in [-0.25, -0.2) is 9.59 Å². The molecule has 3 amide bonds. The van der Waals surface area contributed by atoms with Crippen LogP contribution in [0.15, 0.2) is 54.6 Å². The van der Waals surface area contributed by atoms with Crippen molar-refractivity contribution >= 4 is 35.5 Å². The molecule has 0 bridgehead atoms. The molecule has 0 spiro atoms. The van der Waals surface area contributed by atoms with Crippen LogP contribution in [0, 0.1) is 5.41 Å². The highest BCUT2D eigenvalue weighted by atomic mass is 16.5. The molecule has 4 N–H and O–H groups in total. The average Bonchev–Trinajstić information content (AvgIpc) is 2.82.